The predicted molar refractivity (Wildman–Crippen MR) is 140 cm³/mol. The summed E-state index contributed by atoms with van der Waals surface area (Å²) in [5.41, 5.74) is 5.78. The van der Waals surface area contributed by atoms with Crippen LogP contribution in [0.1, 0.15) is 79.0 Å². The number of carbonyl (C=O) groups is 5. The molecule has 12 nitrogen and oxygen atoms in total. The minimum Gasteiger partial charge on any atom is -0.507 e. The molecule has 0 radical (unpaired) electrons. The lowest BCUT2D eigenvalue weighted by molar-refractivity contribution is -0.140. The van der Waals surface area contributed by atoms with Crippen LogP contribution in [0.5, 0.6) is 5.75 Å². The maximum absolute atomic E-state index is 12.3. The zero-order chi connectivity index (χ0) is 28.8. The molecule has 1 atom stereocenters. The number of esters is 2. The number of amides is 2. The van der Waals surface area contributed by atoms with E-state index >= 15 is 0 Å². The van der Waals surface area contributed by atoms with Crippen molar-refractivity contribution in [3.63, 3.8) is 0 Å². The first-order valence-corrected chi connectivity index (χ1v) is 12.5. The average molecular weight is 541 g/mol. The van der Waals surface area contributed by atoms with E-state index in [1.807, 2.05) is 0 Å². The number of aromatic hydroxyl groups is 1. The van der Waals surface area contributed by atoms with Crippen molar-refractivity contribution in [2.24, 2.45) is 16.0 Å². The monoisotopic (exact) mass is 540 g/mol. The van der Waals surface area contributed by atoms with Crippen molar-refractivity contribution in [1.29, 1.82) is 0 Å². The zero-order valence-corrected chi connectivity index (χ0v) is 21.6. The van der Waals surface area contributed by atoms with Gasteiger partial charge in [0.15, 0.2) is 0 Å². The number of rotatable bonds is 14. The number of unbranched alkanes of at least 4 members (excludes halogenated alkanes) is 4. The van der Waals surface area contributed by atoms with Crippen LogP contribution >= 0.6 is 0 Å². The Hall–Kier alpha value is -4.45. The summed E-state index contributed by atoms with van der Waals surface area (Å²) in [6.45, 7) is 2.11. The van der Waals surface area contributed by atoms with Crippen molar-refractivity contribution < 1.29 is 38.9 Å². The molecular weight excluding hydrogens is 508 g/mol. The van der Waals surface area contributed by atoms with E-state index in [-0.39, 0.29) is 35.6 Å². The number of aliphatic carboxylic acids is 1. The third-order valence-corrected chi connectivity index (χ3v) is 5.55. The second kappa shape index (κ2) is 15.7. The molecule has 2 rings (SSSR count). The van der Waals surface area contributed by atoms with E-state index in [1.165, 1.54) is 36.4 Å². The summed E-state index contributed by atoms with van der Waals surface area (Å²) in [4.78, 5) is 59.1. The number of phenols is 1. The summed E-state index contributed by atoms with van der Waals surface area (Å²) in [5, 5.41) is 29.1. The van der Waals surface area contributed by atoms with Crippen molar-refractivity contribution in [3.8, 4) is 5.75 Å². The third kappa shape index (κ3) is 10.8. The second-order valence-corrected chi connectivity index (χ2v) is 8.73. The van der Waals surface area contributed by atoms with Gasteiger partial charge in [0.05, 0.1) is 11.4 Å². The van der Waals surface area contributed by atoms with Gasteiger partial charge in [-0.05, 0) is 55.3 Å². The van der Waals surface area contributed by atoms with E-state index in [0.717, 1.165) is 38.2 Å². The van der Waals surface area contributed by atoms with E-state index in [1.54, 1.807) is 0 Å². The van der Waals surface area contributed by atoms with Gasteiger partial charge >= 0.3 is 17.9 Å². The molecule has 0 fully saturated rings. The molecule has 1 unspecified atom stereocenters. The molecule has 2 amide bonds. The van der Waals surface area contributed by atoms with Gasteiger partial charge in [-0.3, -0.25) is 24.5 Å². The van der Waals surface area contributed by atoms with Crippen molar-refractivity contribution in [2.75, 3.05) is 0 Å². The van der Waals surface area contributed by atoms with Gasteiger partial charge in [-0.1, -0.05) is 32.6 Å². The first-order chi connectivity index (χ1) is 18.6. The number of ether oxygens (including phenoxy) is 1. The van der Waals surface area contributed by atoms with E-state index in [9.17, 15) is 29.1 Å². The molecule has 0 heterocycles. The van der Waals surface area contributed by atoms with Crippen LogP contribution in [0.2, 0.25) is 0 Å². The Morgan fingerprint density at radius 1 is 0.923 bits per heavy atom. The number of nitrogens with zero attached hydrogens (tertiary/aromatic N) is 2. The molecule has 39 heavy (non-hydrogen) atoms. The van der Waals surface area contributed by atoms with E-state index in [2.05, 4.69) is 27.2 Å². The predicted octanol–water partition coefficient (Wildman–Crippen LogP) is 4.30. The van der Waals surface area contributed by atoms with Crippen LogP contribution in [0.4, 0.5) is 11.4 Å². The summed E-state index contributed by atoms with van der Waals surface area (Å²) in [6.07, 6.45) is 4.64. The lowest BCUT2D eigenvalue weighted by Crippen LogP contribution is -2.31. The molecule has 2 aromatic carbocycles. The molecule has 2 aromatic rings. The number of carboxylic acids is 1. The number of nitrogens with two attached hydrogens (primary N) is 1. The smallest absolute Gasteiger partial charge is 0.349 e. The number of hydrogen-bond donors (Lipinski definition) is 4. The van der Waals surface area contributed by atoms with Gasteiger partial charge in [0.1, 0.15) is 17.4 Å². The van der Waals surface area contributed by atoms with Crippen LogP contribution in [0.15, 0.2) is 52.7 Å². The molecule has 0 aliphatic carbocycles. The fourth-order valence-corrected chi connectivity index (χ4v) is 3.30. The number of nitrogens with one attached hydrogen (secondary N) is 1. The largest absolute Gasteiger partial charge is 0.507 e. The van der Waals surface area contributed by atoms with Crippen LogP contribution in [-0.2, 0) is 19.1 Å². The van der Waals surface area contributed by atoms with E-state index < -0.39 is 42.0 Å². The minimum absolute atomic E-state index is 0.159. The zero-order valence-electron chi connectivity index (χ0n) is 21.6. The second-order valence-electron chi connectivity index (χ2n) is 8.73. The van der Waals surface area contributed by atoms with Crippen molar-refractivity contribution in [2.45, 2.75) is 64.3 Å². The quantitative estimate of drug-likeness (QED) is 0.117. The number of azo groups is 1. The molecule has 0 spiro atoms. The number of carbonyl (C=O) groups excluding carboxylic acids is 4. The number of carboxylic acid groups (broad SMARTS) is 1. The van der Waals surface area contributed by atoms with Gasteiger partial charge in [0.25, 0.3) is 5.91 Å². The SMILES string of the molecule is CCCCCCCC(=O)NC(=O)c1ccc(N=Nc2ccc(O)c(C(=O)OC(=O)CCC(N)C(=O)O)c2)cc1. The minimum atomic E-state index is -1.29. The Morgan fingerprint density at radius 2 is 1.56 bits per heavy atom. The van der Waals surface area contributed by atoms with Gasteiger partial charge in [0, 0.05) is 18.4 Å². The highest BCUT2D eigenvalue weighted by molar-refractivity contribution is 6.04. The third-order valence-electron chi connectivity index (χ3n) is 5.55. The summed E-state index contributed by atoms with van der Waals surface area (Å²) >= 11 is 0. The highest BCUT2D eigenvalue weighted by atomic mass is 16.6. The van der Waals surface area contributed by atoms with Crippen LogP contribution in [-0.4, -0.2) is 46.0 Å². The van der Waals surface area contributed by atoms with Gasteiger partial charge < -0.3 is 20.7 Å². The van der Waals surface area contributed by atoms with Gasteiger partial charge in [-0.25, -0.2) is 4.79 Å². The highest BCUT2D eigenvalue weighted by Crippen LogP contribution is 2.26. The number of imide groups is 1. The maximum Gasteiger partial charge on any atom is 0.349 e. The standard InChI is InChI=1S/C27H32N4O8/c1-2-3-4-5-6-7-23(33)29-25(35)17-8-10-18(11-9-17)30-31-19-12-14-22(32)20(16-19)27(38)39-24(34)15-13-21(28)26(36)37/h8-12,14,16,21,32H,2-7,13,15,28H2,1H3,(H,36,37)(H,29,33,35). The Labute approximate surface area is 225 Å². The molecule has 5 N–H and O–H groups in total. The molecule has 0 saturated heterocycles. The summed E-state index contributed by atoms with van der Waals surface area (Å²) in [7, 11) is 0. The van der Waals surface area contributed by atoms with E-state index in [4.69, 9.17) is 10.8 Å². The molecule has 0 saturated carbocycles. The maximum atomic E-state index is 12.3. The van der Waals surface area contributed by atoms with Gasteiger partial charge in [-0.15, -0.1) is 0 Å². The van der Waals surface area contributed by atoms with Crippen LogP contribution in [0.25, 0.3) is 0 Å². The Balaban J connectivity index is 1.93. The first-order valence-electron chi connectivity index (χ1n) is 12.5. The van der Waals surface area contributed by atoms with Crippen molar-refractivity contribution in [3.05, 3.63) is 53.6 Å². The molecule has 12 heteroatoms. The molecule has 0 aliphatic heterocycles. The van der Waals surface area contributed by atoms with Crippen LogP contribution < -0.4 is 11.1 Å². The number of benzene rings is 2. The summed E-state index contributed by atoms with van der Waals surface area (Å²) in [5.74, 6) is -4.74. The Morgan fingerprint density at radius 3 is 2.23 bits per heavy atom. The van der Waals surface area contributed by atoms with E-state index in [0.29, 0.717) is 5.69 Å². The lowest BCUT2D eigenvalue weighted by atomic mass is 10.1. The van der Waals surface area contributed by atoms with Crippen LogP contribution in [0, 0.1) is 0 Å². The van der Waals surface area contributed by atoms with Gasteiger partial charge in [0.2, 0.25) is 5.91 Å². The average Bonchev–Trinajstić information content (AvgIpc) is 2.91. The fourth-order valence-electron chi connectivity index (χ4n) is 3.30. The number of phenolic OH excluding ortho intramolecular Hbond substituents is 1. The van der Waals surface area contributed by atoms with Crippen LogP contribution in [0.3, 0.4) is 0 Å². The molecular formula is C27H32N4O8. The lowest BCUT2D eigenvalue weighted by Gasteiger charge is -2.07. The van der Waals surface area contributed by atoms with Crippen molar-refractivity contribution >= 4 is 41.1 Å². The number of hydrogen-bond acceptors (Lipinski definition) is 10. The molecule has 0 aliphatic rings. The Bertz CT molecular complexity index is 1210. The molecule has 0 aromatic heterocycles. The van der Waals surface area contributed by atoms with Gasteiger partial charge in [-0.2, -0.15) is 10.2 Å². The first kappa shape index (κ1) is 30.8. The topological polar surface area (TPSA) is 198 Å². The highest BCUT2D eigenvalue weighted by Gasteiger charge is 2.20. The summed E-state index contributed by atoms with van der Waals surface area (Å²) in [6, 6.07) is 8.43. The normalized spacial score (nSPS) is 11.6. The molecule has 208 valence electrons. The summed E-state index contributed by atoms with van der Waals surface area (Å²) < 4.78 is 4.64. The fraction of sp³-hybridized carbons (Fsp3) is 0.370. The Kier molecular flexibility index (Phi) is 12.4. The molecule has 0 bridgehead atoms. The van der Waals surface area contributed by atoms with Crippen molar-refractivity contribution in [1.82, 2.24) is 5.32 Å².